The highest BCUT2D eigenvalue weighted by Crippen LogP contribution is 2.04. The van der Waals surface area contributed by atoms with E-state index in [-0.39, 0.29) is 5.56 Å². The summed E-state index contributed by atoms with van der Waals surface area (Å²) in [5, 5.41) is 8.43. The lowest BCUT2D eigenvalue weighted by Crippen LogP contribution is -1.95. The van der Waals surface area contributed by atoms with Gasteiger partial charge in [-0.15, -0.1) is 0 Å². The van der Waals surface area contributed by atoms with Crippen molar-refractivity contribution in [3.63, 3.8) is 0 Å². The lowest BCUT2D eigenvalue weighted by Gasteiger charge is -1.93. The van der Waals surface area contributed by atoms with Crippen LogP contribution < -0.4 is 5.73 Å². The molecule has 0 heterocycles. The highest BCUT2D eigenvalue weighted by molar-refractivity contribution is 7.79. The highest BCUT2D eigenvalue weighted by atomic mass is 32.1. The van der Waals surface area contributed by atoms with Crippen molar-refractivity contribution in [2.75, 3.05) is 12.0 Å². The van der Waals surface area contributed by atoms with E-state index in [1.54, 1.807) is 18.4 Å². The number of benzene rings is 1. The average molecular weight is 185 g/mol. The Bertz CT molecular complexity index is 246. The largest absolute Gasteiger partial charge is 0.478 e. The molecular weight excluding hydrogens is 174 g/mol. The van der Waals surface area contributed by atoms with Crippen molar-refractivity contribution in [2.24, 2.45) is 0 Å². The zero-order chi connectivity index (χ0) is 9.56. The molecule has 0 aliphatic heterocycles. The van der Waals surface area contributed by atoms with Crippen LogP contribution in [0.5, 0.6) is 0 Å². The summed E-state index contributed by atoms with van der Waals surface area (Å²) in [7, 11) is 0. The van der Waals surface area contributed by atoms with E-state index in [0.717, 1.165) is 0 Å². The second-order valence-corrected chi connectivity index (χ2v) is 1.93. The van der Waals surface area contributed by atoms with Crippen LogP contribution in [0.25, 0.3) is 0 Å². The lowest BCUT2D eigenvalue weighted by atomic mass is 10.2. The summed E-state index contributed by atoms with van der Waals surface area (Å²) in [6, 6.07) is 6.06. The number of anilines is 1. The fourth-order valence-corrected chi connectivity index (χ4v) is 0.626. The molecule has 0 aliphatic rings. The number of thiol groups is 1. The van der Waals surface area contributed by atoms with Crippen LogP contribution in [0.15, 0.2) is 24.3 Å². The molecule has 66 valence electrons. The first kappa shape index (κ1) is 10.8. The normalized spacial score (nSPS) is 8.17. The highest BCUT2D eigenvalue weighted by Gasteiger charge is 1.98. The van der Waals surface area contributed by atoms with Crippen LogP contribution in [0, 0.1) is 0 Å². The van der Waals surface area contributed by atoms with Gasteiger partial charge in [-0.25, -0.2) is 4.79 Å². The molecule has 1 aromatic rings. The predicted octanol–water partition coefficient (Wildman–Crippen LogP) is 1.51. The van der Waals surface area contributed by atoms with Crippen molar-refractivity contribution < 1.29 is 9.90 Å². The van der Waals surface area contributed by atoms with Gasteiger partial charge in [0.25, 0.3) is 0 Å². The third kappa shape index (κ3) is 3.30. The van der Waals surface area contributed by atoms with E-state index < -0.39 is 5.97 Å². The van der Waals surface area contributed by atoms with Crippen LogP contribution in [-0.4, -0.2) is 17.3 Å². The summed E-state index contributed by atoms with van der Waals surface area (Å²) < 4.78 is 0. The summed E-state index contributed by atoms with van der Waals surface area (Å²) in [6.45, 7) is 0. The number of carboxylic acid groups (broad SMARTS) is 1. The van der Waals surface area contributed by atoms with E-state index in [0.29, 0.717) is 5.69 Å². The molecule has 0 fully saturated rings. The zero-order valence-corrected chi connectivity index (χ0v) is 7.58. The lowest BCUT2D eigenvalue weighted by molar-refractivity contribution is 0.0697. The van der Waals surface area contributed by atoms with Crippen molar-refractivity contribution >= 4 is 24.3 Å². The minimum absolute atomic E-state index is 0.259. The van der Waals surface area contributed by atoms with Crippen molar-refractivity contribution in [3.8, 4) is 0 Å². The number of hydrogen-bond donors (Lipinski definition) is 3. The average Bonchev–Trinajstić information content (AvgIpc) is 2.09. The number of rotatable bonds is 1. The quantitative estimate of drug-likeness (QED) is 0.459. The maximum Gasteiger partial charge on any atom is 0.335 e. The molecule has 0 bridgehead atoms. The molecule has 1 rings (SSSR count). The number of nitrogen functional groups attached to an aromatic ring is 1. The van der Waals surface area contributed by atoms with Gasteiger partial charge in [0.1, 0.15) is 0 Å². The third-order valence-corrected chi connectivity index (χ3v) is 1.16. The SMILES string of the molecule is CS.Nc1ccc(C(=O)O)cc1. The Labute approximate surface area is 76.6 Å². The van der Waals surface area contributed by atoms with Gasteiger partial charge in [-0.3, -0.25) is 0 Å². The van der Waals surface area contributed by atoms with E-state index in [2.05, 4.69) is 12.6 Å². The standard InChI is InChI=1S/C7H7NO2.CH4S/c8-6-3-1-5(2-4-6)7(9)10;1-2/h1-4H,8H2,(H,9,10);2H,1H3. The first-order valence-electron chi connectivity index (χ1n) is 3.23. The maximum absolute atomic E-state index is 10.3. The van der Waals surface area contributed by atoms with Gasteiger partial charge < -0.3 is 10.8 Å². The molecule has 0 amide bonds. The Morgan fingerprint density at radius 2 is 1.75 bits per heavy atom. The van der Waals surface area contributed by atoms with E-state index in [1.165, 1.54) is 12.1 Å². The summed E-state index contributed by atoms with van der Waals surface area (Å²) in [6.07, 6.45) is 1.69. The predicted molar refractivity (Wildman–Crippen MR) is 52.7 cm³/mol. The second kappa shape index (κ2) is 5.49. The van der Waals surface area contributed by atoms with E-state index in [9.17, 15) is 4.79 Å². The molecule has 0 radical (unpaired) electrons. The molecule has 3 N–H and O–H groups in total. The van der Waals surface area contributed by atoms with E-state index in [4.69, 9.17) is 10.8 Å². The molecule has 4 heteroatoms. The molecule has 0 aliphatic carbocycles. The van der Waals surface area contributed by atoms with E-state index >= 15 is 0 Å². The summed E-state index contributed by atoms with van der Waals surface area (Å²) in [5.41, 5.74) is 6.17. The van der Waals surface area contributed by atoms with Crippen LogP contribution in [0.4, 0.5) is 5.69 Å². The van der Waals surface area contributed by atoms with Crippen molar-refractivity contribution in [1.29, 1.82) is 0 Å². The van der Waals surface area contributed by atoms with Crippen LogP contribution >= 0.6 is 12.6 Å². The third-order valence-electron chi connectivity index (χ3n) is 1.16. The van der Waals surface area contributed by atoms with Gasteiger partial charge in [0.05, 0.1) is 5.56 Å². The molecule has 12 heavy (non-hydrogen) atoms. The topological polar surface area (TPSA) is 63.3 Å². The van der Waals surface area contributed by atoms with Gasteiger partial charge in [-0.05, 0) is 30.5 Å². The van der Waals surface area contributed by atoms with Gasteiger partial charge >= 0.3 is 5.97 Å². The van der Waals surface area contributed by atoms with Crippen LogP contribution in [0.1, 0.15) is 10.4 Å². The number of hydrogen-bond acceptors (Lipinski definition) is 3. The first-order valence-corrected chi connectivity index (χ1v) is 4.13. The first-order chi connectivity index (χ1) is 5.70. The van der Waals surface area contributed by atoms with Gasteiger partial charge in [0.2, 0.25) is 0 Å². The van der Waals surface area contributed by atoms with Crippen LogP contribution in [0.3, 0.4) is 0 Å². The Kier molecular flexibility index (Phi) is 4.96. The summed E-state index contributed by atoms with van der Waals surface area (Å²) in [5.74, 6) is -0.931. The van der Waals surface area contributed by atoms with Gasteiger partial charge in [0, 0.05) is 5.69 Å². The Hall–Kier alpha value is -1.16. The number of nitrogens with two attached hydrogens (primary N) is 1. The smallest absolute Gasteiger partial charge is 0.335 e. The number of carbonyl (C=O) groups is 1. The molecule has 3 nitrogen and oxygen atoms in total. The monoisotopic (exact) mass is 185 g/mol. The number of carboxylic acids is 1. The van der Waals surface area contributed by atoms with Crippen LogP contribution in [0.2, 0.25) is 0 Å². The van der Waals surface area contributed by atoms with Crippen molar-refractivity contribution in [1.82, 2.24) is 0 Å². The van der Waals surface area contributed by atoms with E-state index in [1.807, 2.05) is 0 Å². The molecular formula is C8H11NO2S. The Morgan fingerprint density at radius 3 is 2.08 bits per heavy atom. The summed E-state index contributed by atoms with van der Waals surface area (Å²) in [4.78, 5) is 10.3. The Morgan fingerprint density at radius 1 is 1.33 bits per heavy atom. The molecule has 0 spiro atoms. The van der Waals surface area contributed by atoms with Gasteiger partial charge in [0.15, 0.2) is 0 Å². The van der Waals surface area contributed by atoms with Gasteiger partial charge in [-0.2, -0.15) is 12.6 Å². The Balaban J connectivity index is 0.000000561. The zero-order valence-electron chi connectivity index (χ0n) is 6.69. The summed E-state index contributed by atoms with van der Waals surface area (Å²) >= 11 is 3.53. The van der Waals surface area contributed by atoms with Crippen molar-refractivity contribution in [2.45, 2.75) is 0 Å². The molecule has 0 saturated heterocycles. The molecule has 0 atom stereocenters. The van der Waals surface area contributed by atoms with Crippen molar-refractivity contribution in [3.05, 3.63) is 29.8 Å². The second-order valence-electron chi connectivity index (χ2n) is 1.93. The number of aromatic carboxylic acids is 1. The van der Waals surface area contributed by atoms with Crippen LogP contribution in [-0.2, 0) is 0 Å². The molecule has 0 saturated carbocycles. The maximum atomic E-state index is 10.3. The van der Waals surface area contributed by atoms with Gasteiger partial charge in [-0.1, -0.05) is 0 Å². The fourth-order valence-electron chi connectivity index (χ4n) is 0.626. The minimum Gasteiger partial charge on any atom is -0.478 e. The minimum atomic E-state index is -0.931. The molecule has 0 aromatic heterocycles. The molecule has 0 unspecified atom stereocenters. The fraction of sp³-hybridized carbons (Fsp3) is 0.125. The molecule has 1 aromatic carbocycles.